The highest BCUT2D eigenvalue weighted by molar-refractivity contribution is 6.23. The van der Waals surface area contributed by atoms with E-state index in [4.69, 9.17) is 5.26 Å². The first-order valence-electron chi connectivity index (χ1n) is 6.91. The van der Waals surface area contributed by atoms with Crippen molar-refractivity contribution < 1.29 is 0 Å². The maximum absolute atomic E-state index is 8.82. The summed E-state index contributed by atoms with van der Waals surface area (Å²) in [6.45, 7) is 0. The quantitative estimate of drug-likeness (QED) is 0.460. The number of rotatable bonds is 2. The third-order valence-electron chi connectivity index (χ3n) is 4.13. The molecule has 0 N–H and O–H groups in total. The van der Waals surface area contributed by atoms with E-state index in [2.05, 4.69) is 60.7 Å². The van der Waals surface area contributed by atoms with E-state index in [1.165, 1.54) is 37.9 Å². The van der Waals surface area contributed by atoms with Crippen molar-refractivity contribution in [1.82, 2.24) is 0 Å². The third kappa shape index (κ3) is 1.49. The van der Waals surface area contributed by atoms with Crippen LogP contribution in [0.5, 0.6) is 0 Å². The van der Waals surface area contributed by atoms with Crippen LogP contribution in [-0.2, 0) is 6.42 Å². The zero-order valence-corrected chi connectivity index (χ0v) is 11.1. The minimum Gasteiger partial charge on any atom is -0.198 e. The van der Waals surface area contributed by atoms with E-state index in [1.54, 1.807) is 0 Å². The number of nitriles is 1. The highest BCUT2D eigenvalue weighted by atomic mass is 14.2. The molecule has 0 aliphatic heterocycles. The second-order valence-corrected chi connectivity index (χ2v) is 5.24. The molecule has 0 aliphatic rings. The second-order valence-electron chi connectivity index (χ2n) is 5.24. The first-order chi connectivity index (χ1) is 9.88. The highest BCUT2D eigenvalue weighted by Crippen LogP contribution is 2.36. The number of benzene rings is 4. The Hall–Kier alpha value is -2.59. The molecule has 4 aromatic rings. The number of hydrogen-bond acceptors (Lipinski definition) is 1. The van der Waals surface area contributed by atoms with E-state index in [0.717, 1.165) is 6.42 Å². The van der Waals surface area contributed by atoms with Gasteiger partial charge in [0.1, 0.15) is 0 Å². The predicted octanol–water partition coefficient (Wildman–Crippen LogP) is 5.04. The lowest BCUT2D eigenvalue weighted by molar-refractivity contribution is 1.02. The van der Waals surface area contributed by atoms with Crippen LogP contribution in [0.1, 0.15) is 12.0 Å². The van der Waals surface area contributed by atoms with Gasteiger partial charge in [0.15, 0.2) is 0 Å². The van der Waals surface area contributed by atoms with Crippen LogP contribution < -0.4 is 0 Å². The molecule has 0 amide bonds. The highest BCUT2D eigenvalue weighted by Gasteiger charge is 2.10. The fourth-order valence-electron chi connectivity index (χ4n) is 3.20. The SMILES string of the molecule is N#CCCc1ccc2ccc3cccc4ccc1c2c34. The van der Waals surface area contributed by atoms with E-state index < -0.39 is 0 Å². The Kier molecular flexibility index (Phi) is 2.37. The average Bonchev–Trinajstić information content (AvgIpc) is 2.51. The summed E-state index contributed by atoms with van der Waals surface area (Å²) in [6, 6.07) is 21.8. The smallest absolute Gasteiger partial charge is 0.0625 e. The Morgan fingerprint density at radius 1 is 0.750 bits per heavy atom. The Balaban J connectivity index is 2.18. The number of aryl methyl sites for hydroxylation is 1. The molecule has 4 rings (SSSR count). The lowest BCUT2D eigenvalue weighted by atomic mass is 9.91. The van der Waals surface area contributed by atoms with Gasteiger partial charge in [0, 0.05) is 6.42 Å². The first-order valence-corrected chi connectivity index (χ1v) is 6.91. The summed E-state index contributed by atoms with van der Waals surface area (Å²) in [5, 5.41) is 16.7. The molecule has 0 aliphatic carbocycles. The zero-order chi connectivity index (χ0) is 13.5. The van der Waals surface area contributed by atoms with Gasteiger partial charge in [0.25, 0.3) is 0 Å². The molecule has 0 unspecified atom stereocenters. The van der Waals surface area contributed by atoms with E-state index in [9.17, 15) is 0 Å². The summed E-state index contributed by atoms with van der Waals surface area (Å²) in [6.07, 6.45) is 1.40. The van der Waals surface area contributed by atoms with Gasteiger partial charge in [-0.05, 0) is 44.3 Å². The largest absolute Gasteiger partial charge is 0.198 e. The van der Waals surface area contributed by atoms with Crippen LogP contribution >= 0.6 is 0 Å². The van der Waals surface area contributed by atoms with Crippen LogP contribution in [0.2, 0.25) is 0 Å². The van der Waals surface area contributed by atoms with Gasteiger partial charge in [-0.3, -0.25) is 0 Å². The van der Waals surface area contributed by atoms with E-state index in [1.807, 2.05) is 0 Å². The molecule has 0 saturated carbocycles. The molecule has 4 aromatic carbocycles. The van der Waals surface area contributed by atoms with Gasteiger partial charge >= 0.3 is 0 Å². The topological polar surface area (TPSA) is 23.8 Å². The molecule has 1 nitrogen and oxygen atoms in total. The Labute approximate surface area is 117 Å². The van der Waals surface area contributed by atoms with Crippen molar-refractivity contribution in [3.8, 4) is 6.07 Å². The molecule has 1 heteroatoms. The van der Waals surface area contributed by atoms with Gasteiger partial charge in [0.2, 0.25) is 0 Å². The van der Waals surface area contributed by atoms with Crippen molar-refractivity contribution in [3.05, 3.63) is 60.2 Å². The molecule has 20 heavy (non-hydrogen) atoms. The molecule has 0 fully saturated rings. The molecule has 0 saturated heterocycles. The second kappa shape index (κ2) is 4.21. The predicted molar refractivity (Wildman–Crippen MR) is 84.1 cm³/mol. The van der Waals surface area contributed by atoms with Crippen LogP contribution in [0.4, 0.5) is 0 Å². The minimum absolute atomic E-state index is 0.573. The molecule has 0 heterocycles. The van der Waals surface area contributed by atoms with Gasteiger partial charge in [-0.2, -0.15) is 5.26 Å². The van der Waals surface area contributed by atoms with E-state index in [0.29, 0.717) is 6.42 Å². The van der Waals surface area contributed by atoms with Crippen molar-refractivity contribution in [3.63, 3.8) is 0 Å². The van der Waals surface area contributed by atoms with E-state index >= 15 is 0 Å². The van der Waals surface area contributed by atoms with Gasteiger partial charge in [0.05, 0.1) is 6.07 Å². The normalized spacial score (nSPS) is 11.3. The summed E-state index contributed by atoms with van der Waals surface area (Å²) in [5.74, 6) is 0. The summed E-state index contributed by atoms with van der Waals surface area (Å²) in [4.78, 5) is 0. The molecular formula is C19H13N. The van der Waals surface area contributed by atoms with Crippen molar-refractivity contribution >= 4 is 32.3 Å². The van der Waals surface area contributed by atoms with Crippen LogP contribution in [0.15, 0.2) is 54.6 Å². The van der Waals surface area contributed by atoms with Gasteiger partial charge < -0.3 is 0 Å². The van der Waals surface area contributed by atoms with Crippen LogP contribution in [-0.4, -0.2) is 0 Å². The lowest BCUT2D eigenvalue weighted by Crippen LogP contribution is -1.90. The third-order valence-corrected chi connectivity index (χ3v) is 4.13. The first kappa shape index (κ1) is 11.3. The number of nitrogens with zero attached hydrogens (tertiary/aromatic N) is 1. The molecule has 0 spiro atoms. The zero-order valence-electron chi connectivity index (χ0n) is 11.1. The molecule has 0 aromatic heterocycles. The van der Waals surface area contributed by atoms with Crippen molar-refractivity contribution in [2.24, 2.45) is 0 Å². The standard InChI is InChI=1S/C19H13N/c20-12-2-5-13-6-7-16-9-8-14-3-1-4-15-10-11-17(13)19(16)18(14)15/h1,3-4,6-11H,2,5H2. The minimum atomic E-state index is 0.573. The van der Waals surface area contributed by atoms with Gasteiger partial charge in [-0.1, -0.05) is 54.6 Å². The Bertz CT molecular complexity index is 944. The number of hydrogen-bond donors (Lipinski definition) is 0. The maximum Gasteiger partial charge on any atom is 0.0625 e. The van der Waals surface area contributed by atoms with Gasteiger partial charge in [-0.15, -0.1) is 0 Å². The molecular weight excluding hydrogens is 242 g/mol. The lowest BCUT2D eigenvalue weighted by Gasteiger charge is -2.13. The van der Waals surface area contributed by atoms with Crippen LogP contribution in [0.25, 0.3) is 32.3 Å². The van der Waals surface area contributed by atoms with Crippen molar-refractivity contribution in [1.29, 1.82) is 5.26 Å². The summed E-state index contributed by atoms with van der Waals surface area (Å²) < 4.78 is 0. The van der Waals surface area contributed by atoms with Crippen LogP contribution in [0, 0.1) is 11.3 Å². The Morgan fingerprint density at radius 3 is 2.15 bits per heavy atom. The van der Waals surface area contributed by atoms with Crippen molar-refractivity contribution in [2.45, 2.75) is 12.8 Å². The molecule has 0 bridgehead atoms. The fraction of sp³-hybridized carbons (Fsp3) is 0.105. The van der Waals surface area contributed by atoms with Crippen molar-refractivity contribution in [2.75, 3.05) is 0 Å². The molecule has 94 valence electrons. The average molecular weight is 255 g/mol. The fourth-order valence-corrected chi connectivity index (χ4v) is 3.20. The monoisotopic (exact) mass is 255 g/mol. The van der Waals surface area contributed by atoms with E-state index in [-0.39, 0.29) is 0 Å². The molecule has 0 atom stereocenters. The Morgan fingerprint density at radius 2 is 1.40 bits per heavy atom. The maximum atomic E-state index is 8.82. The molecule has 0 radical (unpaired) electrons. The van der Waals surface area contributed by atoms with Gasteiger partial charge in [-0.25, -0.2) is 0 Å². The summed E-state index contributed by atoms with van der Waals surface area (Å²) in [5.41, 5.74) is 1.28. The van der Waals surface area contributed by atoms with Crippen LogP contribution in [0.3, 0.4) is 0 Å². The summed E-state index contributed by atoms with van der Waals surface area (Å²) >= 11 is 0. The summed E-state index contributed by atoms with van der Waals surface area (Å²) in [7, 11) is 0.